The van der Waals surface area contributed by atoms with Crippen molar-refractivity contribution in [3.05, 3.63) is 59.7 Å². The van der Waals surface area contributed by atoms with Crippen LogP contribution in [0.3, 0.4) is 0 Å². The van der Waals surface area contributed by atoms with Crippen molar-refractivity contribution in [1.82, 2.24) is 0 Å². The van der Waals surface area contributed by atoms with Gasteiger partial charge in [-0.15, -0.1) is 0 Å². The molecule has 24 heavy (non-hydrogen) atoms. The Bertz CT molecular complexity index is 739. The molecule has 5 heteroatoms. The second-order valence-electron chi connectivity index (χ2n) is 5.68. The van der Waals surface area contributed by atoms with Crippen molar-refractivity contribution in [2.75, 3.05) is 6.61 Å². The summed E-state index contributed by atoms with van der Waals surface area (Å²) < 4.78 is 35.4. The maximum absolute atomic E-state index is 12.3. The van der Waals surface area contributed by atoms with Crippen LogP contribution >= 0.6 is 0 Å². The van der Waals surface area contributed by atoms with Gasteiger partial charge in [-0.2, -0.15) is 8.42 Å². The number of aryl methyl sites for hydroxylation is 1. The van der Waals surface area contributed by atoms with Crippen molar-refractivity contribution in [1.29, 1.82) is 0 Å². The first-order valence-electron chi connectivity index (χ1n) is 8.19. The molecule has 0 radical (unpaired) electrons. The van der Waals surface area contributed by atoms with Crippen molar-refractivity contribution >= 4 is 10.1 Å². The average molecular weight is 348 g/mol. The molecule has 0 unspecified atom stereocenters. The van der Waals surface area contributed by atoms with Crippen LogP contribution in [0, 0.1) is 6.92 Å². The standard InChI is InChI=1S/C19H24O4S/c1-3-4-8-13-23-24(20,21)18-12-11-16(2)19(14-18)22-15-17-9-6-5-7-10-17/h5-7,9-12,14H,3-4,8,13,15H2,1-2H3. The molecule has 2 aromatic rings. The lowest BCUT2D eigenvalue weighted by molar-refractivity contribution is 0.299. The average Bonchev–Trinajstić information content (AvgIpc) is 2.59. The van der Waals surface area contributed by atoms with E-state index in [4.69, 9.17) is 8.92 Å². The van der Waals surface area contributed by atoms with E-state index in [0.717, 1.165) is 30.4 Å². The Balaban J connectivity index is 2.07. The Morgan fingerprint density at radius 3 is 2.46 bits per heavy atom. The van der Waals surface area contributed by atoms with Gasteiger partial charge in [0.25, 0.3) is 10.1 Å². The van der Waals surface area contributed by atoms with Gasteiger partial charge < -0.3 is 4.74 Å². The van der Waals surface area contributed by atoms with E-state index >= 15 is 0 Å². The maximum Gasteiger partial charge on any atom is 0.297 e. The molecule has 0 heterocycles. The highest BCUT2D eigenvalue weighted by Gasteiger charge is 2.17. The minimum absolute atomic E-state index is 0.132. The van der Waals surface area contributed by atoms with Crippen LogP contribution in [0.4, 0.5) is 0 Å². The van der Waals surface area contributed by atoms with Crippen molar-refractivity contribution in [2.45, 2.75) is 44.6 Å². The fourth-order valence-electron chi connectivity index (χ4n) is 2.22. The number of unbranched alkanes of at least 4 members (excludes halogenated alkanes) is 2. The van der Waals surface area contributed by atoms with Gasteiger partial charge in [0, 0.05) is 6.07 Å². The summed E-state index contributed by atoms with van der Waals surface area (Å²) in [5, 5.41) is 0. The molecule has 0 fully saturated rings. The monoisotopic (exact) mass is 348 g/mol. The summed E-state index contributed by atoms with van der Waals surface area (Å²) >= 11 is 0. The van der Waals surface area contributed by atoms with Crippen LogP contribution in [-0.4, -0.2) is 15.0 Å². The lowest BCUT2D eigenvalue weighted by Gasteiger charge is -2.12. The van der Waals surface area contributed by atoms with Gasteiger partial charge in [-0.3, -0.25) is 4.18 Å². The lowest BCUT2D eigenvalue weighted by Crippen LogP contribution is -2.08. The normalized spacial score (nSPS) is 11.4. The van der Waals surface area contributed by atoms with Gasteiger partial charge in [-0.1, -0.05) is 56.2 Å². The fourth-order valence-corrected chi connectivity index (χ4v) is 3.17. The molecule has 0 saturated heterocycles. The second-order valence-corrected chi connectivity index (χ2v) is 7.30. The van der Waals surface area contributed by atoms with E-state index in [1.165, 1.54) is 6.07 Å². The zero-order chi connectivity index (χ0) is 17.4. The van der Waals surface area contributed by atoms with Crippen molar-refractivity contribution in [3.8, 4) is 5.75 Å². The number of hydrogen-bond donors (Lipinski definition) is 0. The molecule has 130 valence electrons. The molecule has 0 spiro atoms. The molecule has 2 rings (SSSR count). The Morgan fingerprint density at radius 2 is 1.75 bits per heavy atom. The van der Waals surface area contributed by atoms with Crippen LogP contribution in [0.5, 0.6) is 5.75 Å². The molecular weight excluding hydrogens is 324 g/mol. The third kappa shape index (κ3) is 5.35. The highest BCUT2D eigenvalue weighted by molar-refractivity contribution is 7.86. The zero-order valence-electron chi connectivity index (χ0n) is 14.2. The summed E-state index contributed by atoms with van der Waals surface area (Å²) in [7, 11) is -3.74. The van der Waals surface area contributed by atoms with Crippen LogP contribution in [0.15, 0.2) is 53.4 Å². The molecule has 0 aliphatic heterocycles. The highest BCUT2D eigenvalue weighted by Crippen LogP contribution is 2.24. The number of rotatable bonds is 9. The van der Waals surface area contributed by atoms with E-state index in [-0.39, 0.29) is 11.5 Å². The summed E-state index contributed by atoms with van der Waals surface area (Å²) in [5.41, 5.74) is 1.91. The highest BCUT2D eigenvalue weighted by atomic mass is 32.2. The Morgan fingerprint density at radius 1 is 1.00 bits per heavy atom. The lowest BCUT2D eigenvalue weighted by atomic mass is 10.2. The van der Waals surface area contributed by atoms with E-state index in [9.17, 15) is 8.42 Å². The predicted molar refractivity (Wildman–Crippen MR) is 94.6 cm³/mol. The van der Waals surface area contributed by atoms with Crippen LogP contribution < -0.4 is 4.74 Å². The quantitative estimate of drug-likeness (QED) is 0.495. The van der Waals surface area contributed by atoms with E-state index in [1.807, 2.05) is 37.3 Å². The van der Waals surface area contributed by atoms with E-state index in [0.29, 0.717) is 12.4 Å². The van der Waals surface area contributed by atoms with Crippen LogP contribution in [0.2, 0.25) is 0 Å². The number of benzene rings is 2. The summed E-state index contributed by atoms with van der Waals surface area (Å²) in [4.78, 5) is 0.132. The third-order valence-electron chi connectivity index (χ3n) is 3.67. The van der Waals surface area contributed by atoms with Crippen LogP contribution in [-0.2, 0) is 20.9 Å². The van der Waals surface area contributed by atoms with E-state index in [1.54, 1.807) is 12.1 Å². The first-order valence-corrected chi connectivity index (χ1v) is 9.60. The fraction of sp³-hybridized carbons (Fsp3) is 0.368. The Kier molecular flexibility index (Phi) is 6.82. The molecule has 0 aliphatic carbocycles. The number of ether oxygens (including phenoxy) is 1. The molecule has 2 aromatic carbocycles. The van der Waals surface area contributed by atoms with Gasteiger partial charge >= 0.3 is 0 Å². The summed E-state index contributed by atoms with van der Waals surface area (Å²) in [6.07, 6.45) is 2.71. The second kappa shape index (κ2) is 8.85. The minimum Gasteiger partial charge on any atom is -0.489 e. The molecular formula is C19H24O4S. The van der Waals surface area contributed by atoms with Gasteiger partial charge in [0.05, 0.1) is 11.5 Å². The molecule has 0 saturated carbocycles. The molecule has 0 aromatic heterocycles. The number of hydrogen-bond acceptors (Lipinski definition) is 4. The van der Waals surface area contributed by atoms with Crippen molar-refractivity contribution < 1.29 is 17.3 Å². The van der Waals surface area contributed by atoms with Gasteiger partial charge in [-0.25, -0.2) is 0 Å². The molecule has 0 amide bonds. The Hall–Kier alpha value is -1.85. The summed E-state index contributed by atoms with van der Waals surface area (Å²) in [6.45, 7) is 4.55. The topological polar surface area (TPSA) is 52.6 Å². The van der Waals surface area contributed by atoms with Gasteiger partial charge in [0.1, 0.15) is 12.4 Å². The first-order chi connectivity index (χ1) is 11.5. The molecule has 0 aliphatic rings. The van der Waals surface area contributed by atoms with Crippen LogP contribution in [0.1, 0.15) is 37.3 Å². The predicted octanol–water partition coefficient (Wildman–Crippen LogP) is 4.47. The van der Waals surface area contributed by atoms with Crippen molar-refractivity contribution in [2.24, 2.45) is 0 Å². The molecule has 4 nitrogen and oxygen atoms in total. The molecule has 0 atom stereocenters. The first kappa shape index (κ1) is 18.5. The minimum atomic E-state index is -3.74. The van der Waals surface area contributed by atoms with Crippen molar-refractivity contribution in [3.63, 3.8) is 0 Å². The van der Waals surface area contributed by atoms with E-state index in [2.05, 4.69) is 6.92 Å². The zero-order valence-corrected chi connectivity index (χ0v) is 15.0. The van der Waals surface area contributed by atoms with E-state index < -0.39 is 10.1 Å². The SMILES string of the molecule is CCCCCOS(=O)(=O)c1ccc(C)c(OCc2ccccc2)c1. The third-order valence-corrected chi connectivity index (χ3v) is 4.98. The molecule has 0 bridgehead atoms. The van der Waals surface area contributed by atoms with Gasteiger partial charge in [0.15, 0.2) is 0 Å². The van der Waals surface area contributed by atoms with Gasteiger partial charge in [-0.05, 0) is 30.5 Å². The molecule has 0 N–H and O–H groups in total. The maximum atomic E-state index is 12.3. The van der Waals surface area contributed by atoms with Gasteiger partial charge in [0.2, 0.25) is 0 Å². The smallest absolute Gasteiger partial charge is 0.297 e. The largest absolute Gasteiger partial charge is 0.489 e. The Labute approximate surface area is 144 Å². The summed E-state index contributed by atoms with van der Waals surface area (Å²) in [5.74, 6) is 0.553. The van der Waals surface area contributed by atoms with Crippen LogP contribution in [0.25, 0.3) is 0 Å². The summed E-state index contributed by atoms with van der Waals surface area (Å²) in [6, 6.07) is 14.6.